The number of aromatic nitrogens is 1. The van der Waals surface area contributed by atoms with E-state index in [1.165, 1.54) is 0 Å². The molecule has 7 heteroatoms. The summed E-state index contributed by atoms with van der Waals surface area (Å²) in [5.74, 6) is -1.07. The van der Waals surface area contributed by atoms with Crippen LogP contribution < -0.4 is 0 Å². The Morgan fingerprint density at radius 3 is 2.46 bits per heavy atom. The first-order valence-corrected chi connectivity index (χ1v) is 9.11. The van der Waals surface area contributed by atoms with Gasteiger partial charge in [-0.3, -0.25) is 14.5 Å². The quantitative estimate of drug-likeness (QED) is 0.832. The standard InChI is InChI=1S/C19H23ClN2O4/c1-11-5-12(2)8-22(7-11)18(19(25)26)15-9-21(10-17(23)24)16-6-13(20)3-4-14(15)16/h3-4,6,9,11-12,18H,5,7-8,10H2,1-2H3,(H,23,24)(H,25,26)/t11-,12+,18-/m0/s1. The van der Waals surface area contributed by atoms with E-state index in [-0.39, 0.29) is 6.54 Å². The van der Waals surface area contributed by atoms with Gasteiger partial charge in [0.1, 0.15) is 12.6 Å². The van der Waals surface area contributed by atoms with Crippen LogP contribution in [-0.2, 0) is 16.1 Å². The molecule has 0 amide bonds. The highest BCUT2D eigenvalue weighted by Gasteiger charge is 2.34. The molecule has 2 heterocycles. The van der Waals surface area contributed by atoms with Crippen molar-refractivity contribution in [2.24, 2.45) is 11.8 Å². The zero-order valence-electron chi connectivity index (χ0n) is 14.9. The molecule has 3 atom stereocenters. The van der Waals surface area contributed by atoms with E-state index in [4.69, 9.17) is 11.6 Å². The highest BCUT2D eigenvalue weighted by atomic mass is 35.5. The van der Waals surface area contributed by atoms with Crippen LogP contribution >= 0.6 is 11.6 Å². The summed E-state index contributed by atoms with van der Waals surface area (Å²) in [7, 11) is 0. The monoisotopic (exact) mass is 378 g/mol. The highest BCUT2D eigenvalue weighted by Crippen LogP contribution is 2.35. The number of rotatable bonds is 5. The van der Waals surface area contributed by atoms with Crippen LogP contribution in [0.15, 0.2) is 24.4 Å². The van der Waals surface area contributed by atoms with E-state index < -0.39 is 18.0 Å². The Labute approximate surface area is 157 Å². The largest absolute Gasteiger partial charge is 0.480 e. The predicted molar refractivity (Wildman–Crippen MR) is 99.5 cm³/mol. The fourth-order valence-corrected chi connectivity index (χ4v) is 4.36. The lowest BCUT2D eigenvalue weighted by Crippen LogP contribution is -2.43. The van der Waals surface area contributed by atoms with Gasteiger partial charge in [-0.25, -0.2) is 0 Å². The van der Waals surface area contributed by atoms with Crippen LogP contribution in [0.5, 0.6) is 0 Å². The maximum atomic E-state index is 12.2. The summed E-state index contributed by atoms with van der Waals surface area (Å²) in [4.78, 5) is 25.4. The number of carbonyl (C=O) groups is 2. The second-order valence-corrected chi connectivity index (χ2v) is 7.84. The number of hydrogen-bond donors (Lipinski definition) is 2. The summed E-state index contributed by atoms with van der Waals surface area (Å²) in [5.41, 5.74) is 1.26. The summed E-state index contributed by atoms with van der Waals surface area (Å²) in [6.07, 6.45) is 2.73. The molecule has 1 aromatic carbocycles. The fourth-order valence-electron chi connectivity index (χ4n) is 4.20. The molecule has 0 bridgehead atoms. The minimum Gasteiger partial charge on any atom is -0.480 e. The molecule has 1 saturated heterocycles. The Bertz CT molecular complexity index is 837. The van der Waals surface area contributed by atoms with E-state index >= 15 is 0 Å². The Hall–Kier alpha value is -2.05. The van der Waals surface area contributed by atoms with Gasteiger partial charge in [-0.1, -0.05) is 31.5 Å². The number of hydrogen-bond acceptors (Lipinski definition) is 3. The maximum Gasteiger partial charge on any atom is 0.325 e. The van der Waals surface area contributed by atoms with Gasteiger partial charge in [-0.2, -0.15) is 0 Å². The van der Waals surface area contributed by atoms with E-state index in [1.807, 2.05) is 4.90 Å². The van der Waals surface area contributed by atoms with E-state index in [9.17, 15) is 19.8 Å². The van der Waals surface area contributed by atoms with Crippen molar-refractivity contribution in [1.82, 2.24) is 9.47 Å². The third kappa shape index (κ3) is 3.71. The molecule has 6 nitrogen and oxygen atoms in total. The second kappa shape index (κ2) is 7.29. The van der Waals surface area contributed by atoms with Gasteiger partial charge in [0.2, 0.25) is 0 Å². The third-order valence-corrected chi connectivity index (χ3v) is 5.21. The molecular formula is C19H23ClN2O4. The van der Waals surface area contributed by atoms with Crippen LogP contribution in [0.3, 0.4) is 0 Å². The van der Waals surface area contributed by atoms with E-state index in [2.05, 4.69) is 13.8 Å². The van der Waals surface area contributed by atoms with Gasteiger partial charge in [0, 0.05) is 35.3 Å². The van der Waals surface area contributed by atoms with Crippen molar-refractivity contribution in [3.63, 3.8) is 0 Å². The van der Waals surface area contributed by atoms with Gasteiger partial charge >= 0.3 is 11.9 Å². The molecule has 0 aliphatic carbocycles. The Kier molecular flexibility index (Phi) is 5.25. The molecule has 1 fully saturated rings. The smallest absolute Gasteiger partial charge is 0.325 e. The minimum absolute atomic E-state index is 0.240. The topological polar surface area (TPSA) is 82.8 Å². The number of piperidine rings is 1. The first-order chi connectivity index (χ1) is 12.3. The number of nitrogens with zero attached hydrogens (tertiary/aromatic N) is 2. The van der Waals surface area contributed by atoms with E-state index in [1.54, 1.807) is 29.0 Å². The third-order valence-electron chi connectivity index (χ3n) is 4.97. The lowest BCUT2D eigenvalue weighted by atomic mass is 9.89. The normalized spacial score (nSPS) is 22.4. The molecule has 0 saturated carbocycles. The molecular weight excluding hydrogens is 356 g/mol. The summed E-state index contributed by atoms with van der Waals surface area (Å²) in [5, 5.41) is 20.4. The summed E-state index contributed by atoms with van der Waals surface area (Å²) < 4.78 is 1.56. The van der Waals surface area contributed by atoms with Crippen LogP contribution in [0.2, 0.25) is 5.02 Å². The summed E-state index contributed by atoms with van der Waals surface area (Å²) in [6.45, 7) is 5.45. The average molecular weight is 379 g/mol. The van der Waals surface area contributed by atoms with Crippen LogP contribution in [0, 0.1) is 11.8 Å². The Morgan fingerprint density at radius 2 is 1.88 bits per heavy atom. The number of fused-ring (bicyclic) bond motifs is 1. The molecule has 2 N–H and O–H groups in total. The zero-order chi connectivity index (χ0) is 19.0. The van der Waals surface area contributed by atoms with Crippen molar-refractivity contribution in [2.75, 3.05) is 13.1 Å². The second-order valence-electron chi connectivity index (χ2n) is 7.41. The number of carboxylic acids is 2. The Morgan fingerprint density at radius 1 is 1.23 bits per heavy atom. The molecule has 2 aromatic rings. The fraction of sp³-hybridized carbons (Fsp3) is 0.474. The van der Waals surface area contributed by atoms with Crippen molar-refractivity contribution in [2.45, 2.75) is 32.9 Å². The van der Waals surface area contributed by atoms with Gasteiger partial charge in [-0.05, 0) is 30.4 Å². The van der Waals surface area contributed by atoms with E-state index in [0.717, 1.165) is 11.8 Å². The molecule has 26 heavy (non-hydrogen) atoms. The van der Waals surface area contributed by atoms with Gasteiger partial charge in [0.15, 0.2) is 0 Å². The van der Waals surface area contributed by atoms with Gasteiger partial charge in [0.05, 0.1) is 5.52 Å². The van der Waals surface area contributed by atoms with Crippen molar-refractivity contribution in [1.29, 1.82) is 0 Å². The molecule has 3 rings (SSSR count). The molecule has 1 aliphatic rings. The van der Waals surface area contributed by atoms with Crippen LogP contribution in [0.25, 0.3) is 10.9 Å². The number of carboxylic acid groups (broad SMARTS) is 2. The molecule has 140 valence electrons. The maximum absolute atomic E-state index is 12.2. The number of benzene rings is 1. The van der Waals surface area contributed by atoms with Crippen LogP contribution in [0.1, 0.15) is 31.9 Å². The summed E-state index contributed by atoms with van der Waals surface area (Å²) >= 11 is 6.08. The minimum atomic E-state index is -0.986. The first kappa shape index (κ1) is 18.7. The number of aliphatic carboxylic acids is 2. The molecule has 0 spiro atoms. The van der Waals surface area contributed by atoms with Crippen molar-refractivity contribution in [3.05, 3.63) is 35.0 Å². The number of likely N-dealkylation sites (tertiary alicyclic amines) is 1. The lowest BCUT2D eigenvalue weighted by molar-refractivity contribution is -0.144. The van der Waals surface area contributed by atoms with Crippen molar-refractivity contribution >= 4 is 34.4 Å². The zero-order valence-corrected chi connectivity index (χ0v) is 15.6. The van der Waals surface area contributed by atoms with E-state index in [0.29, 0.717) is 41.0 Å². The lowest BCUT2D eigenvalue weighted by Gasteiger charge is -2.38. The summed E-state index contributed by atoms with van der Waals surface area (Å²) in [6, 6.07) is 4.36. The average Bonchev–Trinajstić information content (AvgIpc) is 2.83. The van der Waals surface area contributed by atoms with Gasteiger partial charge in [0.25, 0.3) is 0 Å². The SMILES string of the molecule is C[C@@H]1C[C@H](C)CN([C@H](C(=O)O)c2cn(CC(=O)O)c3cc(Cl)ccc23)C1. The highest BCUT2D eigenvalue weighted by molar-refractivity contribution is 6.31. The van der Waals surface area contributed by atoms with Crippen LogP contribution in [-0.4, -0.2) is 44.7 Å². The molecule has 1 aromatic heterocycles. The van der Waals surface area contributed by atoms with Crippen molar-refractivity contribution < 1.29 is 19.8 Å². The Balaban J connectivity index is 2.11. The predicted octanol–water partition coefficient (Wildman–Crippen LogP) is 3.48. The van der Waals surface area contributed by atoms with Crippen LogP contribution in [0.4, 0.5) is 0 Å². The van der Waals surface area contributed by atoms with Crippen molar-refractivity contribution in [3.8, 4) is 0 Å². The molecule has 1 aliphatic heterocycles. The van der Waals surface area contributed by atoms with Gasteiger partial charge in [-0.15, -0.1) is 0 Å². The molecule has 0 unspecified atom stereocenters. The molecule has 0 radical (unpaired) electrons. The van der Waals surface area contributed by atoms with Gasteiger partial charge < -0.3 is 14.8 Å². The first-order valence-electron chi connectivity index (χ1n) is 8.73. The number of halogens is 1.